The van der Waals surface area contributed by atoms with E-state index in [2.05, 4.69) is 24.3 Å². The average Bonchev–Trinajstić information content (AvgIpc) is 2.29. The van der Waals surface area contributed by atoms with Gasteiger partial charge in [-0.25, -0.2) is 0 Å². The fraction of sp³-hybridized carbons (Fsp3) is 0.231. The smallest absolute Gasteiger partial charge is 0.0585 e. The van der Waals surface area contributed by atoms with Gasteiger partial charge in [-0.05, 0) is 22.8 Å². The van der Waals surface area contributed by atoms with Crippen molar-refractivity contribution in [2.24, 2.45) is 5.73 Å². The first-order valence-corrected chi connectivity index (χ1v) is 5.14. The number of nitrogens with two attached hydrogens (primary N) is 1. The summed E-state index contributed by atoms with van der Waals surface area (Å²) < 4.78 is 0. The lowest BCUT2D eigenvalue weighted by atomic mass is 9.99. The zero-order chi connectivity index (χ0) is 10.7. The van der Waals surface area contributed by atoms with Gasteiger partial charge in [0, 0.05) is 6.04 Å². The van der Waals surface area contributed by atoms with E-state index in [-0.39, 0.29) is 12.6 Å². The molecule has 0 saturated carbocycles. The first kappa shape index (κ1) is 10.1. The highest BCUT2D eigenvalue weighted by atomic mass is 16.3. The predicted octanol–water partition coefficient (Wildman–Crippen LogP) is 1.70. The molecule has 78 valence electrons. The molecular weight excluding hydrogens is 186 g/mol. The molecule has 0 saturated heterocycles. The summed E-state index contributed by atoms with van der Waals surface area (Å²) in [5.41, 5.74) is 6.95. The van der Waals surface area contributed by atoms with E-state index < -0.39 is 0 Å². The van der Waals surface area contributed by atoms with E-state index in [0.29, 0.717) is 0 Å². The molecule has 1 atom stereocenters. The number of aliphatic hydroxyl groups excluding tert-OH is 1. The largest absolute Gasteiger partial charge is 0.395 e. The van der Waals surface area contributed by atoms with Crippen LogP contribution in [0.1, 0.15) is 5.56 Å². The Balaban J connectivity index is 2.42. The maximum Gasteiger partial charge on any atom is 0.0585 e. The molecule has 0 radical (unpaired) electrons. The molecule has 0 bridgehead atoms. The molecule has 0 aliphatic heterocycles. The van der Waals surface area contributed by atoms with Crippen molar-refractivity contribution >= 4 is 10.8 Å². The van der Waals surface area contributed by atoms with Crippen LogP contribution in [-0.2, 0) is 6.42 Å². The Morgan fingerprint density at radius 2 is 1.80 bits per heavy atom. The van der Waals surface area contributed by atoms with Crippen LogP contribution in [0.15, 0.2) is 42.5 Å². The number of hydrogen-bond donors (Lipinski definition) is 2. The van der Waals surface area contributed by atoms with Crippen molar-refractivity contribution in [3.63, 3.8) is 0 Å². The Morgan fingerprint density at radius 3 is 2.60 bits per heavy atom. The van der Waals surface area contributed by atoms with E-state index in [4.69, 9.17) is 10.8 Å². The van der Waals surface area contributed by atoms with E-state index in [1.54, 1.807) is 0 Å². The van der Waals surface area contributed by atoms with Crippen LogP contribution in [0.4, 0.5) is 0 Å². The van der Waals surface area contributed by atoms with Crippen molar-refractivity contribution in [1.29, 1.82) is 0 Å². The third kappa shape index (κ3) is 2.17. The first-order chi connectivity index (χ1) is 7.31. The molecule has 15 heavy (non-hydrogen) atoms. The molecule has 2 aromatic rings. The fourth-order valence-electron chi connectivity index (χ4n) is 1.82. The molecule has 0 heterocycles. The Hall–Kier alpha value is -1.38. The highest BCUT2D eigenvalue weighted by molar-refractivity contribution is 5.85. The van der Waals surface area contributed by atoms with Gasteiger partial charge in [-0.1, -0.05) is 42.5 Å². The van der Waals surface area contributed by atoms with Gasteiger partial charge in [0.25, 0.3) is 0 Å². The Labute approximate surface area is 89.3 Å². The molecule has 2 rings (SSSR count). The second kappa shape index (κ2) is 4.43. The first-order valence-electron chi connectivity index (χ1n) is 5.14. The number of fused-ring (bicyclic) bond motifs is 1. The van der Waals surface area contributed by atoms with E-state index >= 15 is 0 Å². The van der Waals surface area contributed by atoms with Gasteiger partial charge in [-0.2, -0.15) is 0 Å². The standard InChI is InChI=1S/C13H15NO/c14-12(9-15)8-11-6-3-5-10-4-1-2-7-13(10)11/h1-7,12,15H,8-9,14H2/t12-/m0/s1. The maximum atomic E-state index is 8.94. The number of benzene rings is 2. The average molecular weight is 201 g/mol. The summed E-state index contributed by atoms with van der Waals surface area (Å²) in [4.78, 5) is 0. The summed E-state index contributed by atoms with van der Waals surface area (Å²) in [7, 11) is 0. The minimum absolute atomic E-state index is 0.0310. The molecule has 0 fully saturated rings. The van der Waals surface area contributed by atoms with E-state index in [1.807, 2.05) is 18.2 Å². The van der Waals surface area contributed by atoms with E-state index in [1.165, 1.54) is 16.3 Å². The lowest BCUT2D eigenvalue weighted by Gasteiger charge is -2.10. The van der Waals surface area contributed by atoms with Gasteiger partial charge in [-0.15, -0.1) is 0 Å². The van der Waals surface area contributed by atoms with Gasteiger partial charge >= 0.3 is 0 Å². The Morgan fingerprint density at radius 1 is 1.07 bits per heavy atom. The molecule has 0 aromatic heterocycles. The Kier molecular flexibility index (Phi) is 2.99. The zero-order valence-corrected chi connectivity index (χ0v) is 8.56. The summed E-state index contributed by atoms with van der Waals surface area (Å²) >= 11 is 0. The van der Waals surface area contributed by atoms with Crippen LogP contribution in [0.5, 0.6) is 0 Å². The van der Waals surface area contributed by atoms with Gasteiger partial charge in [-0.3, -0.25) is 0 Å². The van der Waals surface area contributed by atoms with Gasteiger partial charge < -0.3 is 10.8 Å². The van der Waals surface area contributed by atoms with Crippen molar-refractivity contribution in [1.82, 2.24) is 0 Å². The molecule has 0 unspecified atom stereocenters. The van der Waals surface area contributed by atoms with Gasteiger partial charge in [0.15, 0.2) is 0 Å². The minimum Gasteiger partial charge on any atom is -0.395 e. The van der Waals surface area contributed by atoms with Gasteiger partial charge in [0.05, 0.1) is 6.61 Å². The second-order valence-corrected chi connectivity index (χ2v) is 3.79. The fourth-order valence-corrected chi connectivity index (χ4v) is 1.82. The van der Waals surface area contributed by atoms with Crippen molar-refractivity contribution in [2.45, 2.75) is 12.5 Å². The van der Waals surface area contributed by atoms with E-state index in [9.17, 15) is 0 Å². The number of aliphatic hydroxyl groups is 1. The van der Waals surface area contributed by atoms with Crippen molar-refractivity contribution in [3.8, 4) is 0 Å². The summed E-state index contributed by atoms with van der Waals surface area (Å²) in [6, 6.07) is 14.2. The van der Waals surface area contributed by atoms with E-state index in [0.717, 1.165) is 6.42 Å². The van der Waals surface area contributed by atoms with Crippen LogP contribution in [0.25, 0.3) is 10.8 Å². The van der Waals surface area contributed by atoms with Crippen molar-refractivity contribution in [3.05, 3.63) is 48.0 Å². The molecule has 2 heteroatoms. The van der Waals surface area contributed by atoms with Crippen LogP contribution in [0.2, 0.25) is 0 Å². The lowest BCUT2D eigenvalue weighted by molar-refractivity contribution is 0.265. The van der Waals surface area contributed by atoms with Crippen LogP contribution >= 0.6 is 0 Å². The summed E-state index contributed by atoms with van der Waals surface area (Å²) in [6.45, 7) is 0.0310. The molecule has 0 spiro atoms. The van der Waals surface area contributed by atoms with Crippen LogP contribution < -0.4 is 5.73 Å². The number of rotatable bonds is 3. The third-order valence-electron chi connectivity index (χ3n) is 2.60. The van der Waals surface area contributed by atoms with Gasteiger partial charge in [0.2, 0.25) is 0 Å². The van der Waals surface area contributed by atoms with Crippen molar-refractivity contribution in [2.75, 3.05) is 6.61 Å². The molecular formula is C13H15NO. The monoisotopic (exact) mass is 201 g/mol. The number of hydrogen-bond acceptors (Lipinski definition) is 2. The lowest BCUT2D eigenvalue weighted by Crippen LogP contribution is -2.26. The Bertz CT molecular complexity index is 448. The van der Waals surface area contributed by atoms with Crippen LogP contribution in [-0.4, -0.2) is 17.8 Å². The minimum atomic E-state index is -0.171. The maximum absolute atomic E-state index is 8.94. The van der Waals surface area contributed by atoms with Crippen LogP contribution in [0.3, 0.4) is 0 Å². The SMILES string of the molecule is N[C@H](CO)Cc1cccc2ccccc12. The molecule has 0 aliphatic carbocycles. The molecule has 2 aromatic carbocycles. The highest BCUT2D eigenvalue weighted by Gasteiger charge is 2.05. The quantitative estimate of drug-likeness (QED) is 0.794. The van der Waals surface area contributed by atoms with Crippen molar-refractivity contribution < 1.29 is 5.11 Å². The van der Waals surface area contributed by atoms with Crippen LogP contribution in [0, 0.1) is 0 Å². The molecule has 2 nitrogen and oxygen atoms in total. The summed E-state index contributed by atoms with van der Waals surface area (Å²) in [5, 5.41) is 11.4. The molecule has 3 N–H and O–H groups in total. The van der Waals surface area contributed by atoms with Gasteiger partial charge in [0.1, 0.15) is 0 Å². The molecule has 0 aliphatic rings. The summed E-state index contributed by atoms with van der Waals surface area (Å²) in [5.74, 6) is 0. The highest BCUT2D eigenvalue weighted by Crippen LogP contribution is 2.19. The zero-order valence-electron chi connectivity index (χ0n) is 8.56. The molecule has 0 amide bonds. The predicted molar refractivity (Wildman–Crippen MR) is 62.7 cm³/mol. The normalized spacial score (nSPS) is 12.9. The topological polar surface area (TPSA) is 46.2 Å². The summed E-state index contributed by atoms with van der Waals surface area (Å²) in [6.07, 6.45) is 0.720. The second-order valence-electron chi connectivity index (χ2n) is 3.79. The third-order valence-corrected chi connectivity index (χ3v) is 2.60.